The van der Waals surface area contributed by atoms with Gasteiger partial charge in [-0.2, -0.15) is 0 Å². The van der Waals surface area contributed by atoms with Crippen molar-refractivity contribution in [1.82, 2.24) is 0 Å². The van der Waals surface area contributed by atoms with Gasteiger partial charge in [0.15, 0.2) is 0 Å². The van der Waals surface area contributed by atoms with Gasteiger partial charge >= 0.3 is 0 Å². The molecule has 1 atom stereocenters. The van der Waals surface area contributed by atoms with E-state index in [1.165, 1.54) is 52.0 Å². The van der Waals surface area contributed by atoms with Crippen LogP contribution in [0.1, 0.15) is 93.1 Å². The number of hydrogen-bond donors (Lipinski definition) is 0. The molecule has 0 heteroatoms. The lowest BCUT2D eigenvalue weighted by molar-refractivity contribution is 0.173. The zero-order valence-electron chi connectivity index (χ0n) is 21.7. The van der Waals surface area contributed by atoms with Gasteiger partial charge < -0.3 is 0 Å². The van der Waals surface area contributed by atoms with Crippen LogP contribution in [0.3, 0.4) is 0 Å². The van der Waals surface area contributed by atoms with E-state index < -0.39 is 0 Å². The smallest absolute Gasteiger partial charge is 0.0195 e. The Morgan fingerprint density at radius 3 is 2.28 bits per heavy atom. The van der Waals surface area contributed by atoms with Crippen LogP contribution in [0, 0.1) is 10.8 Å². The van der Waals surface area contributed by atoms with Crippen LogP contribution >= 0.6 is 0 Å². The van der Waals surface area contributed by atoms with Gasteiger partial charge in [-0.25, -0.2) is 0 Å². The Balaban J connectivity index is 2.11. The predicted molar refractivity (Wildman–Crippen MR) is 141 cm³/mol. The molecule has 0 saturated carbocycles. The Morgan fingerprint density at radius 2 is 1.72 bits per heavy atom. The van der Waals surface area contributed by atoms with E-state index in [1.807, 2.05) is 0 Å². The average molecular weight is 427 g/mol. The summed E-state index contributed by atoms with van der Waals surface area (Å²) < 4.78 is 0. The van der Waals surface area contributed by atoms with E-state index in [9.17, 15) is 0 Å². The molecule has 0 N–H and O–H groups in total. The lowest BCUT2D eigenvalue weighted by atomic mass is 9.54. The zero-order valence-corrected chi connectivity index (χ0v) is 21.7. The fourth-order valence-corrected chi connectivity index (χ4v) is 6.09. The SMILES string of the molecule is CCCC1=CC(CCC)(C(C)(C)C)C(C2=CC=CC2)=C2C=c3cc(C(C)(C)C)ccc3=C12. The van der Waals surface area contributed by atoms with Crippen LogP contribution in [0.4, 0.5) is 0 Å². The molecule has 0 fully saturated rings. The molecule has 4 rings (SSSR count). The summed E-state index contributed by atoms with van der Waals surface area (Å²) in [6.07, 6.45) is 18.0. The van der Waals surface area contributed by atoms with Gasteiger partial charge in [0.1, 0.15) is 0 Å². The molecule has 3 aliphatic carbocycles. The first-order valence-electron chi connectivity index (χ1n) is 12.7. The summed E-state index contributed by atoms with van der Waals surface area (Å²) in [6, 6.07) is 7.22. The summed E-state index contributed by atoms with van der Waals surface area (Å²) in [5.74, 6) is 0. The van der Waals surface area contributed by atoms with Crippen LogP contribution in [0.25, 0.3) is 11.6 Å². The predicted octanol–water partition coefficient (Wildman–Crippen LogP) is 7.68. The molecule has 0 bridgehead atoms. The molecule has 0 spiro atoms. The highest BCUT2D eigenvalue weighted by Crippen LogP contribution is 2.59. The van der Waals surface area contributed by atoms with Gasteiger partial charge in [-0.3, -0.25) is 0 Å². The van der Waals surface area contributed by atoms with Crippen LogP contribution in [0.2, 0.25) is 0 Å². The minimum atomic E-state index is 0.0638. The standard InChI is InChI=1S/C32H42/c1-9-13-23-21-32(18-10-2,31(6,7)8)29(22-14-11-12-15-22)27-20-24-19-25(30(3,4)5)16-17-26(24)28(23)27/h11-12,14,16-17,19-21H,9-10,13,15,18H2,1-8H3. The van der Waals surface area contributed by atoms with Gasteiger partial charge in [0.25, 0.3) is 0 Å². The van der Waals surface area contributed by atoms with E-state index in [1.54, 1.807) is 11.1 Å². The molecule has 32 heavy (non-hydrogen) atoms. The minimum absolute atomic E-state index is 0.0638. The minimum Gasteiger partial charge on any atom is -0.0801 e. The lowest BCUT2D eigenvalue weighted by Crippen LogP contribution is -2.39. The van der Waals surface area contributed by atoms with Gasteiger partial charge in [0.2, 0.25) is 0 Å². The Labute approximate surface area is 196 Å². The highest BCUT2D eigenvalue weighted by Gasteiger charge is 2.47. The van der Waals surface area contributed by atoms with Gasteiger partial charge in [0.05, 0.1) is 0 Å². The fraction of sp³-hybridized carbons (Fsp3) is 0.500. The van der Waals surface area contributed by atoms with Crippen molar-refractivity contribution in [2.45, 2.75) is 92.9 Å². The molecule has 0 amide bonds. The quantitative estimate of drug-likeness (QED) is 0.453. The summed E-state index contributed by atoms with van der Waals surface area (Å²) in [7, 11) is 0. The number of fused-ring (bicyclic) bond motifs is 2. The van der Waals surface area contributed by atoms with Crippen molar-refractivity contribution in [3.63, 3.8) is 0 Å². The third-order valence-electron chi connectivity index (χ3n) is 7.81. The molecule has 1 unspecified atom stereocenters. The van der Waals surface area contributed by atoms with Crippen molar-refractivity contribution in [2.75, 3.05) is 0 Å². The lowest BCUT2D eigenvalue weighted by Gasteiger charge is -2.49. The second kappa shape index (κ2) is 8.05. The number of benzene rings is 1. The molecule has 0 saturated heterocycles. The third-order valence-corrected chi connectivity index (χ3v) is 7.81. The molecule has 1 aromatic carbocycles. The van der Waals surface area contributed by atoms with Gasteiger partial charge in [-0.05, 0) is 80.0 Å². The molecule has 170 valence electrons. The highest BCUT2D eigenvalue weighted by molar-refractivity contribution is 5.95. The molecule has 3 aliphatic rings. The second-order valence-corrected chi connectivity index (χ2v) is 12.1. The largest absolute Gasteiger partial charge is 0.0801 e. The van der Waals surface area contributed by atoms with Crippen LogP contribution in [-0.4, -0.2) is 0 Å². The first kappa shape index (κ1) is 23.1. The Morgan fingerprint density at radius 1 is 0.969 bits per heavy atom. The maximum atomic E-state index is 2.72. The van der Waals surface area contributed by atoms with Crippen LogP contribution in [0.15, 0.2) is 64.8 Å². The van der Waals surface area contributed by atoms with Gasteiger partial charge in [-0.15, -0.1) is 0 Å². The average Bonchev–Trinajstić information content (AvgIpc) is 3.34. The topological polar surface area (TPSA) is 0 Å². The maximum Gasteiger partial charge on any atom is 0.0195 e. The van der Waals surface area contributed by atoms with Crippen molar-refractivity contribution < 1.29 is 0 Å². The molecule has 1 aromatic rings. The van der Waals surface area contributed by atoms with Gasteiger partial charge in [-0.1, -0.05) is 111 Å². The molecule has 0 aliphatic heterocycles. The van der Waals surface area contributed by atoms with E-state index in [4.69, 9.17) is 0 Å². The summed E-state index contributed by atoms with van der Waals surface area (Å²) in [5.41, 5.74) is 9.51. The van der Waals surface area contributed by atoms with E-state index in [2.05, 4.69) is 104 Å². The monoisotopic (exact) mass is 426 g/mol. The molecule has 0 nitrogen and oxygen atoms in total. The highest BCUT2D eigenvalue weighted by atomic mass is 14.5. The molecule has 0 heterocycles. The Hall–Kier alpha value is -2.08. The summed E-state index contributed by atoms with van der Waals surface area (Å²) in [4.78, 5) is 0. The maximum absolute atomic E-state index is 2.72. The van der Waals surface area contributed by atoms with Crippen molar-refractivity contribution in [3.8, 4) is 0 Å². The number of allylic oxidation sites excluding steroid dienone is 8. The number of hydrogen-bond acceptors (Lipinski definition) is 0. The number of rotatable bonds is 5. The summed E-state index contributed by atoms with van der Waals surface area (Å²) >= 11 is 0. The van der Waals surface area contributed by atoms with Crippen molar-refractivity contribution >= 4 is 11.6 Å². The van der Waals surface area contributed by atoms with E-state index >= 15 is 0 Å². The van der Waals surface area contributed by atoms with Crippen molar-refractivity contribution in [2.24, 2.45) is 10.8 Å². The zero-order chi connectivity index (χ0) is 23.3. The molecular weight excluding hydrogens is 384 g/mol. The first-order chi connectivity index (χ1) is 15.0. The van der Waals surface area contributed by atoms with Crippen molar-refractivity contribution in [1.29, 1.82) is 0 Å². The Kier molecular flexibility index (Phi) is 5.81. The first-order valence-corrected chi connectivity index (χ1v) is 12.7. The fourth-order valence-electron chi connectivity index (χ4n) is 6.09. The van der Waals surface area contributed by atoms with Gasteiger partial charge in [0, 0.05) is 5.41 Å². The second-order valence-electron chi connectivity index (χ2n) is 12.1. The van der Waals surface area contributed by atoms with E-state index in [0.29, 0.717) is 0 Å². The normalized spacial score (nSPS) is 22.6. The summed E-state index contributed by atoms with van der Waals surface area (Å²) in [5, 5.41) is 2.85. The Bertz CT molecular complexity index is 1160. The molecule has 0 aromatic heterocycles. The van der Waals surface area contributed by atoms with Crippen molar-refractivity contribution in [3.05, 3.63) is 80.8 Å². The molecular formula is C32H42. The summed E-state index contributed by atoms with van der Waals surface area (Å²) in [6.45, 7) is 19.0. The van der Waals surface area contributed by atoms with Crippen LogP contribution in [-0.2, 0) is 5.41 Å². The van der Waals surface area contributed by atoms with Crippen LogP contribution < -0.4 is 10.4 Å². The molecule has 0 radical (unpaired) electrons. The van der Waals surface area contributed by atoms with Crippen LogP contribution in [0.5, 0.6) is 0 Å². The van der Waals surface area contributed by atoms with E-state index in [-0.39, 0.29) is 16.2 Å². The van der Waals surface area contributed by atoms with E-state index in [0.717, 1.165) is 12.8 Å². The third kappa shape index (κ3) is 3.60.